The first kappa shape index (κ1) is 26.1. The summed E-state index contributed by atoms with van der Waals surface area (Å²) < 4.78 is 12.6. The van der Waals surface area contributed by atoms with Gasteiger partial charge in [-0.2, -0.15) is 0 Å². The molecule has 5 nitrogen and oxygen atoms in total. The van der Waals surface area contributed by atoms with Gasteiger partial charge < -0.3 is 14.6 Å². The molecule has 1 spiro atoms. The number of carbonyl (C=O) groups excluding carboxylic acids is 2. The van der Waals surface area contributed by atoms with Gasteiger partial charge in [-0.1, -0.05) is 48.5 Å². The number of ether oxygens (including phenoxy) is 2. The third kappa shape index (κ3) is 2.86. The Labute approximate surface area is 223 Å². The molecule has 2 bridgehead atoms. The summed E-state index contributed by atoms with van der Waals surface area (Å²) in [5, 5.41) is 11.9. The van der Waals surface area contributed by atoms with Gasteiger partial charge in [0.2, 0.25) is 0 Å². The molecule has 1 aliphatic heterocycles. The van der Waals surface area contributed by atoms with Gasteiger partial charge in [0.05, 0.1) is 6.10 Å². The predicted molar refractivity (Wildman–Crippen MR) is 141 cm³/mol. The summed E-state index contributed by atoms with van der Waals surface area (Å²) >= 11 is 0. The molecule has 0 aromatic rings. The maximum Gasteiger partial charge on any atom is 0.315 e. The van der Waals surface area contributed by atoms with Crippen LogP contribution in [0.3, 0.4) is 0 Å². The molecule has 5 saturated carbocycles. The van der Waals surface area contributed by atoms with Gasteiger partial charge in [0.25, 0.3) is 0 Å². The van der Waals surface area contributed by atoms with Crippen LogP contribution >= 0.6 is 0 Å². The molecule has 0 radical (unpaired) electrons. The van der Waals surface area contributed by atoms with E-state index in [0.717, 1.165) is 57.8 Å². The van der Waals surface area contributed by atoms with Crippen LogP contribution in [0.25, 0.3) is 0 Å². The number of aliphatic hydroxyl groups is 1. The van der Waals surface area contributed by atoms with Crippen LogP contribution in [0.4, 0.5) is 0 Å². The van der Waals surface area contributed by atoms with Gasteiger partial charge in [-0.15, -0.1) is 0 Å². The van der Waals surface area contributed by atoms with Crippen molar-refractivity contribution in [3.8, 4) is 0 Å². The largest absolute Gasteiger partial charge is 0.462 e. The third-order valence-electron chi connectivity index (χ3n) is 14.3. The summed E-state index contributed by atoms with van der Waals surface area (Å²) in [5.41, 5.74) is -1.26. The second-order valence-corrected chi connectivity index (χ2v) is 16.4. The quantitative estimate of drug-likeness (QED) is 0.407. The maximum atomic E-state index is 13.8. The topological polar surface area (TPSA) is 72.8 Å². The summed E-state index contributed by atoms with van der Waals surface area (Å²) in [6.07, 6.45) is 8.82. The van der Waals surface area contributed by atoms with Crippen molar-refractivity contribution in [3.63, 3.8) is 0 Å². The van der Waals surface area contributed by atoms with E-state index >= 15 is 0 Å². The molecule has 6 fully saturated rings. The molecule has 1 saturated heterocycles. The van der Waals surface area contributed by atoms with Crippen molar-refractivity contribution in [3.05, 3.63) is 0 Å². The summed E-state index contributed by atoms with van der Waals surface area (Å²) in [5.74, 6) is 0.787. The summed E-state index contributed by atoms with van der Waals surface area (Å²) in [6.45, 7) is 18.2. The second kappa shape index (κ2) is 7.34. The van der Waals surface area contributed by atoms with Gasteiger partial charge in [0, 0.05) is 23.7 Å². The summed E-state index contributed by atoms with van der Waals surface area (Å²) in [7, 11) is 0. The van der Waals surface area contributed by atoms with Crippen LogP contribution < -0.4 is 0 Å². The van der Waals surface area contributed by atoms with Gasteiger partial charge >= 0.3 is 11.9 Å². The SMILES string of the molecule is CC(=O)O[C@H]1CC[C@]2(C)[C@H]3CC[C@]45OC(=O)[C@@]6(CCC(C)(C)C[C@H]64)[C@H](O)C[C@@]5(C)[C@]3(C)CC[C@H]2C1(C)C. The molecule has 10 atom stereocenters. The molecule has 0 aromatic heterocycles. The highest BCUT2D eigenvalue weighted by Crippen LogP contribution is 2.80. The van der Waals surface area contributed by atoms with Crippen LogP contribution in [0.2, 0.25) is 0 Å². The van der Waals surface area contributed by atoms with Crippen molar-refractivity contribution in [2.45, 2.75) is 137 Å². The van der Waals surface area contributed by atoms with Crippen molar-refractivity contribution in [1.29, 1.82) is 0 Å². The molecule has 0 amide bonds. The fourth-order valence-electron chi connectivity index (χ4n) is 12.3. The zero-order valence-corrected chi connectivity index (χ0v) is 24.5. The lowest BCUT2D eigenvalue weighted by Gasteiger charge is -2.74. The van der Waals surface area contributed by atoms with E-state index in [4.69, 9.17) is 9.47 Å². The Hall–Kier alpha value is -1.10. The average molecular weight is 515 g/mol. The highest BCUT2D eigenvalue weighted by molar-refractivity contribution is 5.82. The van der Waals surface area contributed by atoms with Gasteiger partial charge in [0.15, 0.2) is 0 Å². The zero-order valence-electron chi connectivity index (χ0n) is 24.5. The number of aliphatic hydroxyl groups excluding tert-OH is 1. The van der Waals surface area contributed by atoms with Crippen LogP contribution in [-0.4, -0.2) is 34.9 Å². The van der Waals surface area contributed by atoms with Crippen LogP contribution in [0, 0.1) is 50.2 Å². The zero-order chi connectivity index (χ0) is 27.0. The van der Waals surface area contributed by atoms with Gasteiger partial charge in [-0.05, 0) is 92.3 Å². The summed E-state index contributed by atoms with van der Waals surface area (Å²) in [4.78, 5) is 25.7. The maximum absolute atomic E-state index is 13.8. The molecular formula is C32H50O5. The standard InChI is InChI=1S/C32H50O5/c1-19(33)36-24-11-12-28(6)20(27(24,4)5)9-13-29(7)21(28)10-14-32-22-17-26(2,3)15-16-31(22,25(35)37-32)23(34)18-30(29,32)8/h20-24,34H,9-18H2,1-8H3/t20-,21+,22+,23+,24-,28-,29+,30-,31+,32-/m0/s1. The molecule has 208 valence electrons. The minimum absolute atomic E-state index is 0.0276. The van der Waals surface area contributed by atoms with Gasteiger partial charge in [0.1, 0.15) is 17.1 Å². The van der Waals surface area contributed by atoms with Crippen LogP contribution in [0.1, 0.15) is 120 Å². The fourth-order valence-corrected chi connectivity index (χ4v) is 12.3. The molecule has 5 heteroatoms. The van der Waals surface area contributed by atoms with Crippen LogP contribution in [-0.2, 0) is 19.1 Å². The lowest BCUT2D eigenvalue weighted by molar-refractivity contribution is -0.297. The normalized spacial score (nSPS) is 55.2. The highest BCUT2D eigenvalue weighted by atomic mass is 16.6. The van der Waals surface area contributed by atoms with E-state index in [-0.39, 0.29) is 51.0 Å². The number of carbonyl (C=O) groups is 2. The number of hydrogen-bond acceptors (Lipinski definition) is 5. The van der Waals surface area contributed by atoms with E-state index < -0.39 is 17.1 Å². The summed E-state index contributed by atoms with van der Waals surface area (Å²) in [6, 6.07) is 0. The Morgan fingerprint density at radius 2 is 1.54 bits per heavy atom. The van der Waals surface area contributed by atoms with Crippen molar-refractivity contribution in [1.82, 2.24) is 0 Å². The lowest BCUT2D eigenvalue weighted by atomic mass is 9.30. The Bertz CT molecular complexity index is 1030. The Morgan fingerprint density at radius 1 is 0.865 bits per heavy atom. The molecule has 5 aliphatic carbocycles. The van der Waals surface area contributed by atoms with E-state index in [0.29, 0.717) is 18.3 Å². The van der Waals surface area contributed by atoms with E-state index in [2.05, 4.69) is 48.5 Å². The number of esters is 2. The number of fused-ring (bicyclic) bond motifs is 4. The first-order valence-corrected chi connectivity index (χ1v) is 15.1. The Balaban J connectivity index is 1.42. The van der Waals surface area contributed by atoms with E-state index in [9.17, 15) is 14.7 Å². The van der Waals surface area contributed by atoms with Crippen LogP contribution in [0.5, 0.6) is 0 Å². The van der Waals surface area contributed by atoms with Gasteiger partial charge in [-0.25, -0.2) is 0 Å². The molecule has 6 aliphatic rings. The fraction of sp³-hybridized carbons (Fsp3) is 0.938. The number of hydrogen-bond donors (Lipinski definition) is 1. The van der Waals surface area contributed by atoms with E-state index in [1.165, 1.54) is 6.92 Å². The second-order valence-electron chi connectivity index (χ2n) is 16.4. The van der Waals surface area contributed by atoms with Crippen LogP contribution in [0.15, 0.2) is 0 Å². The third-order valence-corrected chi connectivity index (χ3v) is 14.3. The molecule has 6 rings (SSSR count). The number of rotatable bonds is 1. The first-order valence-electron chi connectivity index (χ1n) is 15.1. The van der Waals surface area contributed by atoms with Crippen molar-refractivity contribution in [2.75, 3.05) is 0 Å². The monoisotopic (exact) mass is 514 g/mol. The molecule has 0 unspecified atom stereocenters. The van der Waals surface area contributed by atoms with Gasteiger partial charge in [-0.3, -0.25) is 9.59 Å². The van der Waals surface area contributed by atoms with Crippen molar-refractivity contribution in [2.24, 2.45) is 50.2 Å². The smallest absolute Gasteiger partial charge is 0.315 e. The molecule has 1 N–H and O–H groups in total. The molecule has 1 heterocycles. The Morgan fingerprint density at radius 3 is 2.22 bits per heavy atom. The minimum Gasteiger partial charge on any atom is -0.462 e. The van der Waals surface area contributed by atoms with E-state index in [1.54, 1.807) is 0 Å². The lowest BCUT2D eigenvalue weighted by Crippen LogP contribution is -2.73. The first-order chi connectivity index (χ1) is 17.0. The van der Waals surface area contributed by atoms with Crippen molar-refractivity contribution < 1.29 is 24.2 Å². The van der Waals surface area contributed by atoms with E-state index in [1.807, 2.05) is 0 Å². The Kier molecular flexibility index (Phi) is 5.19. The predicted octanol–water partition coefficient (Wildman–Crippen LogP) is 6.45. The highest BCUT2D eigenvalue weighted by Gasteiger charge is 2.83. The minimum atomic E-state index is -0.705. The molecule has 0 aromatic carbocycles. The average Bonchev–Trinajstić information content (AvgIpc) is 2.98. The molecular weight excluding hydrogens is 464 g/mol. The molecule has 37 heavy (non-hydrogen) atoms. The van der Waals surface area contributed by atoms with Crippen molar-refractivity contribution >= 4 is 11.9 Å².